The maximum absolute atomic E-state index is 12.0. The first kappa shape index (κ1) is 14.6. The summed E-state index contributed by atoms with van der Waals surface area (Å²) in [5.74, 6) is 0.722. The standard InChI is InChI=1S/C16H21N5O/c22-16(19-13-6-3-1-2-4-7-13)20-14-8-9-15(17-12-14)21-11-5-10-18-21/h5,8-13H,1-4,6-7H2,(H2,19,20,22). The lowest BCUT2D eigenvalue weighted by molar-refractivity contribution is 0.247. The summed E-state index contributed by atoms with van der Waals surface area (Å²) in [5.41, 5.74) is 0.682. The van der Waals surface area contributed by atoms with Gasteiger partial charge >= 0.3 is 6.03 Å². The molecule has 2 N–H and O–H groups in total. The van der Waals surface area contributed by atoms with E-state index in [1.54, 1.807) is 17.1 Å². The minimum atomic E-state index is -0.152. The Morgan fingerprint density at radius 2 is 2.00 bits per heavy atom. The van der Waals surface area contributed by atoms with Gasteiger partial charge in [-0.25, -0.2) is 14.5 Å². The van der Waals surface area contributed by atoms with Gasteiger partial charge in [-0.1, -0.05) is 25.7 Å². The number of carbonyl (C=O) groups excluding carboxylic acids is 1. The Balaban J connectivity index is 1.55. The van der Waals surface area contributed by atoms with Crippen LogP contribution in [0.15, 0.2) is 36.8 Å². The first-order valence-electron chi connectivity index (χ1n) is 7.85. The third-order valence-corrected chi connectivity index (χ3v) is 3.94. The number of aromatic nitrogens is 3. The molecule has 0 aliphatic heterocycles. The topological polar surface area (TPSA) is 71.8 Å². The summed E-state index contributed by atoms with van der Waals surface area (Å²) in [6.07, 6.45) is 12.3. The number of hydrogen-bond donors (Lipinski definition) is 2. The molecule has 1 aliphatic carbocycles. The number of rotatable bonds is 3. The molecule has 2 amide bonds. The van der Waals surface area contributed by atoms with Crippen LogP contribution in [0.3, 0.4) is 0 Å². The highest BCUT2D eigenvalue weighted by molar-refractivity contribution is 5.89. The molecule has 6 heteroatoms. The van der Waals surface area contributed by atoms with Gasteiger partial charge in [-0.15, -0.1) is 0 Å². The predicted octanol–water partition coefficient (Wildman–Crippen LogP) is 3.11. The van der Waals surface area contributed by atoms with Crippen molar-refractivity contribution in [3.8, 4) is 5.82 Å². The molecule has 1 aliphatic rings. The Kier molecular flexibility index (Phi) is 4.68. The zero-order chi connectivity index (χ0) is 15.2. The Hall–Kier alpha value is -2.37. The van der Waals surface area contributed by atoms with Crippen LogP contribution < -0.4 is 10.6 Å². The highest BCUT2D eigenvalue weighted by atomic mass is 16.2. The van der Waals surface area contributed by atoms with Gasteiger partial charge in [0, 0.05) is 18.4 Å². The molecule has 0 atom stereocenters. The lowest BCUT2D eigenvalue weighted by Crippen LogP contribution is -2.37. The highest BCUT2D eigenvalue weighted by Gasteiger charge is 2.14. The number of nitrogens with one attached hydrogen (secondary N) is 2. The fourth-order valence-electron chi connectivity index (χ4n) is 2.78. The van der Waals surface area contributed by atoms with Crippen molar-refractivity contribution in [1.82, 2.24) is 20.1 Å². The summed E-state index contributed by atoms with van der Waals surface area (Å²) < 4.78 is 1.68. The molecule has 6 nitrogen and oxygen atoms in total. The van der Waals surface area contributed by atoms with Gasteiger partial charge in [-0.05, 0) is 31.0 Å². The molecule has 2 aromatic rings. The second-order valence-electron chi connectivity index (χ2n) is 5.64. The lowest BCUT2D eigenvalue weighted by atomic mass is 10.1. The van der Waals surface area contributed by atoms with E-state index in [0.717, 1.165) is 18.7 Å². The summed E-state index contributed by atoms with van der Waals surface area (Å²) >= 11 is 0. The average molecular weight is 299 g/mol. The smallest absolute Gasteiger partial charge is 0.319 e. The van der Waals surface area contributed by atoms with Crippen LogP contribution in [0.25, 0.3) is 5.82 Å². The van der Waals surface area contributed by atoms with Crippen LogP contribution in [-0.4, -0.2) is 26.8 Å². The van der Waals surface area contributed by atoms with Crippen molar-refractivity contribution in [1.29, 1.82) is 0 Å². The Morgan fingerprint density at radius 1 is 1.18 bits per heavy atom. The Labute approximate surface area is 129 Å². The summed E-state index contributed by atoms with van der Waals surface area (Å²) in [6, 6.07) is 5.64. The van der Waals surface area contributed by atoms with Crippen LogP contribution in [0, 0.1) is 0 Å². The lowest BCUT2D eigenvalue weighted by Gasteiger charge is -2.16. The number of hydrogen-bond acceptors (Lipinski definition) is 3. The fourth-order valence-corrected chi connectivity index (χ4v) is 2.78. The molecule has 116 valence electrons. The van der Waals surface area contributed by atoms with E-state index in [-0.39, 0.29) is 6.03 Å². The van der Waals surface area contributed by atoms with Gasteiger partial charge in [-0.2, -0.15) is 5.10 Å². The zero-order valence-electron chi connectivity index (χ0n) is 12.5. The summed E-state index contributed by atoms with van der Waals surface area (Å²) in [6.45, 7) is 0. The molecule has 2 heterocycles. The molecule has 1 fully saturated rings. The first-order valence-corrected chi connectivity index (χ1v) is 7.85. The Bertz CT molecular complexity index is 586. The molecule has 3 rings (SSSR count). The summed E-state index contributed by atoms with van der Waals surface area (Å²) in [4.78, 5) is 16.3. The van der Waals surface area contributed by atoms with Crippen molar-refractivity contribution < 1.29 is 4.79 Å². The SMILES string of the molecule is O=C(Nc1ccc(-n2cccn2)nc1)NC1CCCCCC1. The van der Waals surface area contributed by atoms with E-state index in [2.05, 4.69) is 20.7 Å². The van der Waals surface area contributed by atoms with E-state index >= 15 is 0 Å². The minimum absolute atomic E-state index is 0.152. The van der Waals surface area contributed by atoms with E-state index in [1.165, 1.54) is 25.7 Å². The molecular weight excluding hydrogens is 278 g/mol. The van der Waals surface area contributed by atoms with Crippen molar-refractivity contribution in [2.45, 2.75) is 44.6 Å². The highest BCUT2D eigenvalue weighted by Crippen LogP contribution is 2.17. The quantitative estimate of drug-likeness (QED) is 0.855. The van der Waals surface area contributed by atoms with Crippen LogP contribution in [0.2, 0.25) is 0 Å². The molecule has 0 aromatic carbocycles. The summed E-state index contributed by atoms with van der Waals surface area (Å²) in [7, 11) is 0. The number of amides is 2. The molecule has 0 unspecified atom stereocenters. The second kappa shape index (κ2) is 7.06. The molecule has 0 radical (unpaired) electrons. The molecule has 0 bridgehead atoms. The van der Waals surface area contributed by atoms with E-state index in [4.69, 9.17) is 0 Å². The van der Waals surface area contributed by atoms with Gasteiger partial charge in [0.15, 0.2) is 5.82 Å². The van der Waals surface area contributed by atoms with E-state index in [9.17, 15) is 4.79 Å². The maximum atomic E-state index is 12.0. The minimum Gasteiger partial charge on any atom is -0.335 e. The van der Waals surface area contributed by atoms with Crippen molar-refractivity contribution in [2.75, 3.05) is 5.32 Å². The van der Waals surface area contributed by atoms with Gasteiger partial charge < -0.3 is 10.6 Å². The molecule has 1 saturated carbocycles. The van der Waals surface area contributed by atoms with Crippen molar-refractivity contribution in [3.63, 3.8) is 0 Å². The summed E-state index contributed by atoms with van der Waals surface area (Å²) in [5, 5.41) is 10.0. The third-order valence-electron chi connectivity index (χ3n) is 3.94. The van der Waals surface area contributed by atoms with Crippen molar-refractivity contribution in [2.24, 2.45) is 0 Å². The molecule has 0 saturated heterocycles. The van der Waals surface area contributed by atoms with Gasteiger partial charge in [-0.3, -0.25) is 0 Å². The average Bonchev–Trinajstić information content (AvgIpc) is 2.94. The van der Waals surface area contributed by atoms with Crippen molar-refractivity contribution in [3.05, 3.63) is 36.8 Å². The molecule has 0 spiro atoms. The van der Waals surface area contributed by atoms with E-state index in [1.807, 2.05) is 24.4 Å². The zero-order valence-corrected chi connectivity index (χ0v) is 12.5. The monoisotopic (exact) mass is 299 g/mol. The van der Waals surface area contributed by atoms with Gasteiger partial charge in [0.25, 0.3) is 0 Å². The number of pyridine rings is 1. The molecule has 2 aromatic heterocycles. The predicted molar refractivity (Wildman–Crippen MR) is 85.0 cm³/mol. The third kappa shape index (κ3) is 3.84. The maximum Gasteiger partial charge on any atom is 0.319 e. The molecule has 22 heavy (non-hydrogen) atoms. The van der Waals surface area contributed by atoms with Crippen molar-refractivity contribution >= 4 is 11.7 Å². The van der Waals surface area contributed by atoms with Crippen LogP contribution in [0.1, 0.15) is 38.5 Å². The van der Waals surface area contributed by atoms with Crippen LogP contribution >= 0.6 is 0 Å². The number of anilines is 1. The largest absolute Gasteiger partial charge is 0.335 e. The fraction of sp³-hybridized carbons (Fsp3) is 0.438. The van der Waals surface area contributed by atoms with Gasteiger partial charge in [0.2, 0.25) is 0 Å². The van der Waals surface area contributed by atoms with Crippen LogP contribution in [0.4, 0.5) is 10.5 Å². The van der Waals surface area contributed by atoms with E-state index in [0.29, 0.717) is 11.7 Å². The number of nitrogens with zero attached hydrogens (tertiary/aromatic N) is 3. The van der Waals surface area contributed by atoms with Crippen LogP contribution in [-0.2, 0) is 0 Å². The molecular formula is C16H21N5O. The normalized spacial score (nSPS) is 16.0. The second-order valence-corrected chi connectivity index (χ2v) is 5.64. The van der Waals surface area contributed by atoms with Gasteiger partial charge in [0.1, 0.15) is 0 Å². The number of urea groups is 1. The van der Waals surface area contributed by atoms with Crippen LogP contribution in [0.5, 0.6) is 0 Å². The Morgan fingerprint density at radius 3 is 2.64 bits per heavy atom. The van der Waals surface area contributed by atoms with Gasteiger partial charge in [0.05, 0.1) is 11.9 Å². The van der Waals surface area contributed by atoms with E-state index < -0.39 is 0 Å². The first-order chi connectivity index (χ1) is 10.8. The number of carbonyl (C=O) groups is 1.